The molecule has 2 aromatic heterocycles. The predicted octanol–water partition coefficient (Wildman–Crippen LogP) is 0.738. The van der Waals surface area contributed by atoms with Gasteiger partial charge in [-0.25, -0.2) is 9.97 Å². The molecular weight excluding hydrogens is 308 g/mol. The van der Waals surface area contributed by atoms with E-state index in [2.05, 4.69) is 14.9 Å². The molecule has 24 heavy (non-hydrogen) atoms. The lowest BCUT2D eigenvalue weighted by molar-refractivity contribution is -0.138. The first-order chi connectivity index (χ1) is 11.5. The molecule has 0 amide bonds. The second-order valence-electron chi connectivity index (χ2n) is 6.06. The summed E-state index contributed by atoms with van der Waals surface area (Å²) in [6.45, 7) is 2.29. The number of hydrogen-bond donors (Lipinski definition) is 2. The highest BCUT2D eigenvalue weighted by molar-refractivity contribution is 5.72. The average molecular weight is 334 g/mol. The van der Waals surface area contributed by atoms with Crippen LogP contribution in [0.4, 0.5) is 0 Å². The van der Waals surface area contributed by atoms with E-state index in [1.165, 1.54) is 0 Å². The molecular formula is C16H26N6O2. The SMILES string of the molecule is Cn1ccnc1CN(CCCCC(N)C(=O)O)Cc1nccn1C. The molecule has 3 N–H and O–H groups in total. The highest BCUT2D eigenvalue weighted by Gasteiger charge is 2.14. The Morgan fingerprint density at radius 2 is 1.71 bits per heavy atom. The number of aryl methyl sites for hydroxylation is 2. The fraction of sp³-hybridized carbons (Fsp3) is 0.562. The van der Waals surface area contributed by atoms with Crippen molar-refractivity contribution in [1.29, 1.82) is 0 Å². The number of rotatable bonds is 10. The van der Waals surface area contributed by atoms with Gasteiger partial charge in [0.25, 0.3) is 0 Å². The van der Waals surface area contributed by atoms with Crippen LogP contribution >= 0.6 is 0 Å². The highest BCUT2D eigenvalue weighted by atomic mass is 16.4. The van der Waals surface area contributed by atoms with Crippen LogP contribution in [0.25, 0.3) is 0 Å². The van der Waals surface area contributed by atoms with E-state index in [0.717, 1.165) is 44.1 Å². The second-order valence-corrected chi connectivity index (χ2v) is 6.06. The van der Waals surface area contributed by atoms with Crippen LogP contribution in [0.15, 0.2) is 24.8 Å². The summed E-state index contributed by atoms with van der Waals surface area (Å²) >= 11 is 0. The Morgan fingerprint density at radius 3 is 2.12 bits per heavy atom. The molecule has 0 aliphatic rings. The summed E-state index contributed by atoms with van der Waals surface area (Å²) in [6, 6.07) is -0.775. The van der Waals surface area contributed by atoms with Crippen molar-refractivity contribution in [1.82, 2.24) is 24.0 Å². The zero-order valence-corrected chi connectivity index (χ0v) is 14.3. The number of carboxylic acids is 1. The number of aromatic nitrogens is 4. The molecule has 1 atom stereocenters. The monoisotopic (exact) mass is 334 g/mol. The summed E-state index contributed by atoms with van der Waals surface area (Å²) in [5.74, 6) is 1.05. The summed E-state index contributed by atoms with van der Waals surface area (Å²) in [5, 5.41) is 8.84. The molecule has 2 rings (SSSR count). The van der Waals surface area contributed by atoms with Gasteiger partial charge in [0.05, 0.1) is 13.1 Å². The largest absolute Gasteiger partial charge is 0.480 e. The Bertz CT molecular complexity index is 608. The minimum absolute atomic E-state index is 0.494. The number of aliphatic carboxylic acids is 1. The molecule has 0 aromatic carbocycles. The first-order valence-electron chi connectivity index (χ1n) is 8.10. The van der Waals surface area contributed by atoms with Gasteiger partial charge < -0.3 is 20.0 Å². The van der Waals surface area contributed by atoms with E-state index in [1.54, 1.807) is 12.4 Å². The molecule has 2 heterocycles. The number of carbonyl (C=O) groups is 1. The molecule has 8 heteroatoms. The summed E-state index contributed by atoms with van der Waals surface area (Å²) in [6.07, 6.45) is 9.61. The number of unbranched alkanes of at least 4 members (excludes halogenated alkanes) is 1. The van der Waals surface area contributed by atoms with Crippen molar-refractivity contribution in [2.75, 3.05) is 6.54 Å². The topological polar surface area (TPSA) is 102 Å². The van der Waals surface area contributed by atoms with Gasteiger partial charge in [-0.2, -0.15) is 0 Å². The Hall–Kier alpha value is -2.19. The summed E-state index contributed by atoms with van der Waals surface area (Å²) in [7, 11) is 3.96. The molecule has 132 valence electrons. The molecule has 8 nitrogen and oxygen atoms in total. The minimum atomic E-state index is -0.937. The van der Waals surface area contributed by atoms with E-state index in [0.29, 0.717) is 6.42 Å². The van der Waals surface area contributed by atoms with Crippen molar-refractivity contribution >= 4 is 5.97 Å². The van der Waals surface area contributed by atoms with E-state index in [1.807, 2.05) is 35.6 Å². The zero-order chi connectivity index (χ0) is 17.5. The molecule has 0 radical (unpaired) electrons. The second kappa shape index (κ2) is 8.60. The smallest absolute Gasteiger partial charge is 0.320 e. The van der Waals surface area contributed by atoms with Gasteiger partial charge in [-0.1, -0.05) is 6.42 Å². The maximum Gasteiger partial charge on any atom is 0.320 e. The van der Waals surface area contributed by atoms with E-state index in [4.69, 9.17) is 10.8 Å². The van der Waals surface area contributed by atoms with Crippen molar-refractivity contribution in [2.45, 2.75) is 38.4 Å². The molecule has 0 fully saturated rings. The first kappa shape index (κ1) is 18.2. The van der Waals surface area contributed by atoms with Gasteiger partial charge in [-0.05, 0) is 19.4 Å². The lowest BCUT2D eigenvalue weighted by Gasteiger charge is -2.22. The molecule has 0 saturated carbocycles. The average Bonchev–Trinajstić information content (AvgIpc) is 3.12. The highest BCUT2D eigenvalue weighted by Crippen LogP contribution is 2.10. The van der Waals surface area contributed by atoms with Gasteiger partial charge in [0.15, 0.2) is 0 Å². The van der Waals surface area contributed by atoms with Crippen molar-refractivity contribution in [3.63, 3.8) is 0 Å². The van der Waals surface area contributed by atoms with Crippen LogP contribution in [-0.2, 0) is 32.0 Å². The predicted molar refractivity (Wildman–Crippen MR) is 90.0 cm³/mol. The number of imidazole rings is 2. The maximum atomic E-state index is 10.8. The minimum Gasteiger partial charge on any atom is -0.480 e. The number of nitrogens with two attached hydrogens (primary N) is 1. The van der Waals surface area contributed by atoms with Crippen molar-refractivity contribution in [3.05, 3.63) is 36.4 Å². The molecule has 0 aliphatic carbocycles. The van der Waals surface area contributed by atoms with Crippen LogP contribution in [0.1, 0.15) is 30.9 Å². The summed E-state index contributed by atoms with van der Waals surface area (Å²) in [5.41, 5.74) is 5.55. The normalized spacial score (nSPS) is 12.7. The number of hydrogen-bond acceptors (Lipinski definition) is 5. The van der Waals surface area contributed by atoms with Crippen molar-refractivity contribution in [3.8, 4) is 0 Å². The van der Waals surface area contributed by atoms with Gasteiger partial charge in [0.1, 0.15) is 17.7 Å². The van der Waals surface area contributed by atoms with Gasteiger partial charge in [-0.3, -0.25) is 9.69 Å². The van der Waals surface area contributed by atoms with E-state index in [-0.39, 0.29) is 0 Å². The number of nitrogens with zero attached hydrogens (tertiary/aromatic N) is 5. The van der Waals surface area contributed by atoms with Crippen LogP contribution in [0.2, 0.25) is 0 Å². The Kier molecular flexibility index (Phi) is 6.51. The lowest BCUT2D eigenvalue weighted by atomic mass is 10.1. The van der Waals surface area contributed by atoms with Gasteiger partial charge in [-0.15, -0.1) is 0 Å². The summed E-state index contributed by atoms with van der Waals surface area (Å²) in [4.78, 5) is 21.8. The molecule has 0 bridgehead atoms. The third kappa shape index (κ3) is 5.17. The van der Waals surface area contributed by atoms with Crippen LogP contribution in [0, 0.1) is 0 Å². The van der Waals surface area contributed by atoms with Crippen LogP contribution in [0.5, 0.6) is 0 Å². The van der Waals surface area contributed by atoms with E-state index < -0.39 is 12.0 Å². The lowest BCUT2D eigenvalue weighted by Crippen LogP contribution is -2.30. The number of carboxylic acid groups (broad SMARTS) is 1. The molecule has 0 saturated heterocycles. The molecule has 0 aliphatic heterocycles. The third-order valence-corrected chi connectivity index (χ3v) is 4.13. The van der Waals surface area contributed by atoms with Gasteiger partial charge in [0.2, 0.25) is 0 Å². The van der Waals surface area contributed by atoms with Gasteiger partial charge in [0, 0.05) is 38.9 Å². The van der Waals surface area contributed by atoms with Crippen LogP contribution in [0.3, 0.4) is 0 Å². The van der Waals surface area contributed by atoms with Crippen LogP contribution < -0.4 is 5.73 Å². The van der Waals surface area contributed by atoms with Gasteiger partial charge >= 0.3 is 5.97 Å². The Morgan fingerprint density at radius 1 is 1.17 bits per heavy atom. The zero-order valence-electron chi connectivity index (χ0n) is 14.3. The molecule has 0 spiro atoms. The first-order valence-corrected chi connectivity index (χ1v) is 8.10. The Balaban J connectivity index is 1.91. The quantitative estimate of drug-likeness (QED) is 0.621. The van der Waals surface area contributed by atoms with E-state index in [9.17, 15) is 4.79 Å². The van der Waals surface area contributed by atoms with Crippen molar-refractivity contribution in [2.24, 2.45) is 19.8 Å². The fourth-order valence-electron chi connectivity index (χ4n) is 2.53. The fourth-order valence-corrected chi connectivity index (χ4v) is 2.53. The van der Waals surface area contributed by atoms with Crippen LogP contribution in [-0.4, -0.2) is 47.7 Å². The Labute approximate surface area is 141 Å². The maximum absolute atomic E-state index is 10.8. The van der Waals surface area contributed by atoms with E-state index >= 15 is 0 Å². The van der Waals surface area contributed by atoms with Crippen molar-refractivity contribution < 1.29 is 9.90 Å². The standard InChI is InChI=1S/C16H26N6O2/c1-20-9-6-18-14(20)11-22(12-15-19-7-10-21(15)2)8-4-3-5-13(17)16(23)24/h6-7,9-10,13H,3-5,8,11-12,17H2,1-2H3,(H,23,24). The molecule has 2 aromatic rings. The summed E-state index contributed by atoms with van der Waals surface area (Å²) < 4.78 is 4.01. The third-order valence-electron chi connectivity index (χ3n) is 4.13. The molecule has 1 unspecified atom stereocenters.